The number of allylic oxidation sites excluding steroid dienone is 2. The Bertz CT molecular complexity index is 1520. The van der Waals surface area contributed by atoms with Crippen molar-refractivity contribution in [3.63, 3.8) is 0 Å². The molecule has 37 heavy (non-hydrogen) atoms. The molecule has 5 rings (SSSR count). The first-order valence-corrected chi connectivity index (χ1v) is 13.1. The zero-order valence-corrected chi connectivity index (χ0v) is 20.5. The maximum Gasteiger partial charge on any atom is 0.417 e. The lowest BCUT2D eigenvalue weighted by Crippen LogP contribution is -2.29. The van der Waals surface area contributed by atoms with Crippen LogP contribution in [0.5, 0.6) is 0 Å². The predicted molar refractivity (Wildman–Crippen MR) is 133 cm³/mol. The fourth-order valence-electron chi connectivity index (χ4n) is 4.92. The highest BCUT2D eigenvalue weighted by Gasteiger charge is 2.39. The van der Waals surface area contributed by atoms with Crippen molar-refractivity contribution in [2.75, 3.05) is 10.0 Å². The number of hydrogen-bond acceptors (Lipinski definition) is 4. The van der Waals surface area contributed by atoms with Crippen molar-refractivity contribution >= 4 is 39.0 Å². The van der Waals surface area contributed by atoms with Gasteiger partial charge in [0.25, 0.3) is 10.0 Å². The molecule has 1 aliphatic carbocycles. The second-order valence-corrected chi connectivity index (χ2v) is 11.0. The third kappa shape index (κ3) is 4.78. The van der Waals surface area contributed by atoms with Crippen molar-refractivity contribution in [1.29, 1.82) is 0 Å². The molecule has 3 atom stereocenters. The summed E-state index contributed by atoms with van der Waals surface area (Å²) >= 11 is 5.64. The Morgan fingerprint density at radius 2 is 1.78 bits per heavy atom. The number of carboxylic acids is 1. The first-order chi connectivity index (χ1) is 17.4. The Hall–Kier alpha value is -3.50. The summed E-state index contributed by atoms with van der Waals surface area (Å²) in [6, 6.07) is 13.9. The quantitative estimate of drug-likeness (QED) is 0.309. The van der Waals surface area contributed by atoms with E-state index < -0.39 is 32.8 Å². The van der Waals surface area contributed by atoms with Gasteiger partial charge in [0.1, 0.15) is 0 Å². The van der Waals surface area contributed by atoms with Crippen LogP contribution in [0.3, 0.4) is 0 Å². The summed E-state index contributed by atoms with van der Waals surface area (Å²) in [5, 5.41) is 12.1. The number of sulfonamides is 1. The van der Waals surface area contributed by atoms with E-state index in [0.29, 0.717) is 6.07 Å². The van der Waals surface area contributed by atoms with Crippen LogP contribution in [0.25, 0.3) is 0 Å². The lowest BCUT2D eigenvalue weighted by atomic mass is 9.77. The molecule has 0 saturated carbocycles. The lowest BCUT2D eigenvalue weighted by Gasteiger charge is -2.37. The predicted octanol–water partition coefficient (Wildman–Crippen LogP) is 6.68. The van der Waals surface area contributed by atoms with Crippen LogP contribution in [0.2, 0.25) is 5.02 Å². The van der Waals surface area contributed by atoms with Gasteiger partial charge in [-0.2, -0.15) is 13.2 Å². The second kappa shape index (κ2) is 9.11. The van der Waals surface area contributed by atoms with E-state index in [1.165, 1.54) is 18.2 Å². The summed E-state index contributed by atoms with van der Waals surface area (Å²) in [4.78, 5) is 11.1. The van der Waals surface area contributed by atoms with Gasteiger partial charge >= 0.3 is 12.1 Å². The minimum atomic E-state index is -4.73. The Labute approximate surface area is 215 Å². The Morgan fingerprint density at radius 1 is 1.05 bits per heavy atom. The Balaban J connectivity index is 1.45. The number of hydrogen-bond donors (Lipinski definition) is 3. The summed E-state index contributed by atoms with van der Waals surface area (Å²) in [5.74, 6) is -1.04. The van der Waals surface area contributed by atoms with Gasteiger partial charge < -0.3 is 10.4 Å². The molecular formula is C26H20ClF3N2O4S. The number of aromatic carboxylic acids is 1. The molecule has 0 amide bonds. The van der Waals surface area contributed by atoms with Crippen LogP contribution in [0.1, 0.15) is 45.4 Å². The third-order valence-corrected chi connectivity index (χ3v) is 8.39. The van der Waals surface area contributed by atoms with E-state index in [2.05, 4.69) is 10.0 Å². The van der Waals surface area contributed by atoms with E-state index >= 15 is 0 Å². The first kappa shape index (κ1) is 25.2. The zero-order chi connectivity index (χ0) is 26.5. The van der Waals surface area contributed by atoms with Crippen LogP contribution in [0, 0.1) is 5.92 Å². The number of fused-ring (bicyclic) bond motifs is 3. The molecule has 3 aromatic rings. The fourth-order valence-corrected chi connectivity index (χ4v) is 6.23. The molecule has 1 heterocycles. The van der Waals surface area contributed by atoms with Crippen molar-refractivity contribution in [2.45, 2.75) is 29.5 Å². The second-order valence-electron chi connectivity index (χ2n) is 8.95. The number of anilines is 2. The Kier molecular flexibility index (Phi) is 6.19. The minimum Gasteiger partial charge on any atom is -0.478 e. The van der Waals surface area contributed by atoms with E-state index in [0.717, 1.165) is 29.3 Å². The molecule has 192 valence electrons. The molecule has 0 saturated heterocycles. The number of carboxylic acid groups (broad SMARTS) is 1. The van der Waals surface area contributed by atoms with E-state index in [1.807, 2.05) is 12.2 Å². The van der Waals surface area contributed by atoms with Crippen LogP contribution in [-0.2, 0) is 16.2 Å². The van der Waals surface area contributed by atoms with Crippen LogP contribution in [0.4, 0.5) is 24.5 Å². The van der Waals surface area contributed by atoms with Crippen LogP contribution < -0.4 is 10.0 Å². The summed E-state index contributed by atoms with van der Waals surface area (Å²) in [7, 11) is -4.20. The number of halogens is 4. The molecular weight excluding hydrogens is 529 g/mol. The van der Waals surface area contributed by atoms with Crippen LogP contribution >= 0.6 is 11.6 Å². The fraction of sp³-hybridized carbons (Fsp3) is 0.192. The van der Waals surface area contributed by atoms with Crippen molar-refractivity contribution in [2.24, 2.45) is 5.92 Å². The smallest absolute Gasteiger partial charge is 0.417 e. The van der Waals surface area contributed by atoms with Gasteiger partial charge in [0.2, 0.25) is 0 Å². The van der Waals surface area contributed by atoms with Gasteiger partial charge in [0.15, 0.2) is 0 Å². The van der Waals surface area contributed by atoms with Gasteiger partial charge in [-0.25, -0.2) is 13.2 Å². The normalized spacial score (nSPS) is 20.6. The molecule has 2 aliphatic rings. The largest absolute Gasteiger partial charge is 0.478 e. The summed E-state index contributed by atoms with van der Waals surface area (Å²) in [6.45, 7) is 0. The number of benzene rings is 3. The van der Waals surface area contributed by atoms with Gasteiger partial charge in [0, 0.05) is 17.3 Å². The number of rotatable bonds is 5. The topological polar surface area (TPSA) is 95.5 Å². The average molecular weight is 549 g/mol. The number of nitrogens with one attached hydrogen (secondary N) is 2. The van der Waals surface area contributed by atoms with E-state index in [1.54, 1.807) is 30.3 Å². The van der Waals surface area contributed by atoms with Gasteiger partial charge in [-0.05, 0) is 72.0 Å². The van der Waals surface area contributed by atoms with E-state index in [-0.39, 0.29) is 34.0 Å². The van der Waals surface area contributed by atoms with Gasteiger partial charge in [0.05, 0.1) is 27.1 Å². The molecule has 1 aliphatic heterocycles. The minimum absolute atomic E-state index is 0.0692. The molecule has 3 aromatic carbocycles. The monoisotopic (exact) mass is 548 g/mol. The molecule has 6 nitrogen and oxygen atoms in total. The maximum absolute atomic E-state index is 13.2. The molecule has 11 heteroatoms. The molecule has 0 aromatic heterocycles. The van der Waals surface area contributed by atoms with E-state index in [4.69, 9.17) is 11.6 Å². The Morgan fingerprint density at radius 3 is 2.46 bits per heavy atom. The molecule has 3 N–H and O–H groups in total. The highest BCUT2D eigenvalue weighted by Crippen LogP contribution is 2.50. The molecule has 0 fully saturated rings. The van der Waals surface area contributed by atoms with Gasteiger partial charge in [-0.3, -0.25) is 4.72 Å². The van der Waals surface area contributed by atoms with Crippen molar-refractivity contribution < 1.29 is 31.5 Å². The van der Waals surface area contributed by atoms with Crippen molar-refractivity contribution in [3.8, 4) is 0 Å². The van der Waals surface area contributed by atoms with Gasteiger partial charge in [-0.15, -0.1) is 0 Å². The zero-order valence-electron chi connectivity index (χ0n) is 19.0. The molecule has 0 bridgehead atoms. The number of alkyl halides is 3. The first-order valence-electron chi connectivity index (χ1n) is 11.2. The van der Waals surface area contributed by atoms with Crippen molar-refractivity contribution in [1.82, 2.24) is 0 Å². The maximum atomic E-state index is 13.2. The summed E-state index contributed by atoms with van der Waals surface area (Å²) in [6.07, 6.45) is 0.0468. The van der Waals surface area contributed by atoms with Gasteiger partial charge in [-0.1, -0.05) is 35.9 Å². The summed E-state index contributed by atoms with van der Waals surface area (Å²) < 4.78 is 68.0. The lowest BCUT2D eigenvalue weighted by molar-refractivity contribution is -0.137. The standard InChI is InChI=1S/C26H20ClF3N2O4S/c27-22-10-8-16(12-21(22)26(28,29)30)32-37(35,36)17-9-11-23-20(13-17)18-2-1-3-19(18)24(31-23)14-4-6-15(7-5-14)25(33)34/h1-2,4-13,18-19,24,31-32H,3H2,(H,33,34)/t18-,19+,24+/m0/s1. The van der Waals surface area contributed by atoms with Crippen LogP contribution in [0.15, 0.2) is 77.7 Å². The average Bonchev–Trinajstić information content (AvgIpc) is 3.34. The SMILES string of the molecule is O=C(O)c1ccc([C@H]2Nc3ccc(S(=O)(=O)Nc4ccc(Cl)c(C(F)(F)F)c4)cc3[C@H]3C=CC[C@H]32)cc1. The van der Waals surface area contributed by atoms with Crippen LogP contribution in [-0.4, -0.2) is 19.5 Å². The number of carbonyl (C=O) groups is 1. The summed E-state index contributed by atoms with van der Waals surface area (Å²) in [5.41, 5.74) is 1.20. The molecule has 0 spiro atoms. The van der Waals surface area contributed by atoms with Crippen molar-refractivity contribution in [3.05, 3.63) is 100 Å². The molecule has 0 radical (unpaired) electrons. The highest BCUT2D eigenvalue weighted by atomic mass is 35.5. The highest BCUT2D eigenvalue weighted by molar-refractivity contribution is 7.92. The third-order valence-electron chi connectivity index (χ3n) is 6.69. The van der Waals surface area contributed by atoms with E-state index in [9.17, 15) is 31.5 Å². The molecule has 0 unspecified atom stereocenters.